The molecule has 1 atom stereocenters. The summed E-state index contributed by atoms with van der Waals surface area (Å²) in [5.74, 6) is 1.03. The van der Waals surface area contributed by atoms with Gasteiger partial charge in [0.05, 0.1) is 4.90 Å². The van der Waals surface area contributed by atoms with Gasteiger partial charge in [-0.3, -0.25) is 0 Å². The molecule has 1 fully saturated rings. The monoisotopic (exact) mass is 305 g/mol. The van der Waals surface area contributed by atoms with E-state index in [4.69, 9.17) is 0 Å². The maximum absolute atomic E-state index is 12.7. The number of nitrogens with zero attached hydrogens (tertiary/aromatic N) is 2. The van der Waals surface area contributed by atoms with Crippen molar-refractivity contribution >= 4 is 10.0 Å². The van der Waals surface area contributed by atoms with Crippen LogP contribution in [0.4, 0.5) is 0 Å². The molecule has 5 nitrogen and oxygen atoms in total. The molecule has 1 saturated heterocycles. The zero-order chi connectivity index (χ0) is 14.9. The largest absolute Gasteiger partial charge is 0.346 e. The van der Waals surface area contributed by atoms with Crippen LogP contribution in [0, 0.1) is 6.92 Å². The molecule has 0 amide bonds. The van der Waals surface area contributed by atoms with Crippen LogP contribution in [0.1, 0.15) is 30.3 Å². The summed E-state index contributed by atoms with van der Waals surface area (Å²) < 4.78 is 26.9. The van der Waals surface area contributed by atoms with Gasteiger partial charge in [-0.15, -0.1) is 0 Å². The Balaban J connectivity index is 1.83. The van der Waals surface area contributed by atoms with Crippen molar-refractivity contribution in [2.24, 2.45) is 0 Å². The molecule has 0 radical (unpaired) electrons. The molecule has 1 aromatic carbocycles. The third kappa shape index (κ3) is 2.87. The van der Waals surface area contributed by atoms with E-state index < -0.39 is 10.0 Å². The third-order valence-electron chi connectivity index (χ3n) is 3.87. The van der Waals surface area contributed by atoms with Crippen LogP contribution in [0.2, 0.25) is 0 Å². The number of H-pyrrole nitrogens is 1. The molecule has 2 aromatic rings. The standard InChI is InChI=1S/C15H19N3O2S/c1-12-10-16-15(17-12)13-6-5-9-18(11-13)21(19,20)14-7-3-2-4-8-14/h2-4,7-8,10,13H,5-6,9,11H2,1H3,(H,16,17). The number of imidazole rings is 1. The molecule has 1 N–H and O–H groups in total. The Bertz CT molecular complexity index is 710. The fourth-order valence-corrected chi connectivity index (χ4v) is 4.31. The molecule has 1 aromatic heterocycles. The summed E-state index contributed by atoms with van der Waals surface area (Å²) in [6.07, 6.45) is 3.62. The molecule has 0 bridgehead atoms. The van der Waals surface area contributed by atoms with Gasteiger partial charge >= 0.3 is 0 Å². The first-order valence-electron chi connectivity index (χ1n) is 7.14. The minimum absolute atomic E-state index is 0.144. The lowest BCUT2D eigenvalue weighted by Gasteiger charge is -2.31. The summed E-state index contributed by atoms with van der Waals surface area (Å²) in [4.78, 5) is 7.94. The zero-order valence-corrected chi connectivity index (χ0v) is 12.8. The minimum Gasteiger partial charge on any atom is -0.346 e. The van der Waals surface area contributed by atoms with Gasteiger partial charge in [0, 0.05) is 30.9 Å². The molecule has 0 spiro atoms. The van der Waals surface area contributed by atoms with Gasteiger partial charge in [0.15, 0.2) is 0 Å². The van der Waals surface area contributed by atoms with Crippen molar-refractivity contribution < 1.29 is 8.42 Å². The summed E-state index contributed by atoms with van der Waals surface area (Å²) in [6.45, 7) is 3.02. The normalized spacial score (nSPS) is 20.5. The van der Waals surface area contributed by atoms with E-state index in [1.165, 1.54) is 0 Å². The predicted octanol–water partition coefficient (Wildman–Crippen LogP) is 2.29. The summed E-state index contributed by atoms with van der Waals surface area (Å²) in [5.41, 5.74) is 1.01. The lowest BCUT2D eigenvalue weighted by Crippen LogP contribution is -2.39. The van der Waals surface area contributed by atoms with Gasteiger partial charge in [-0.2, -0.15) is 4.31 Å². The second-order valence-electron chi connectivity index (χ2n) is 5.47. The van der Waals surface area contributed by atoms with E-state index in [2.05, 4.69) is 9.97 Å². The highest BCUT2D eigenvalue weighted by molar-refractivity contribution is 7.89. The number of rotatable bonds is 3. The smallest absolute Gasteiger partial charge is 0.243 e. The first-order chi connectivity index (χ1) is 10.1. The molecule has 0 aliphatic carbocycles. The Morgan fingerprint density at radius 2 is 2.05 bits per heavy atom. The molecule has 1 unspecified atom stereocenters. The summed E-state index contributed by atoms with van der Waals surface area (Å²) >= 11 is 0. The van der Waals surface area contributed by atoms with Gasteiger partial charge in [-0.1, -0.05) is 18.2 Å². The van der Waals surface area contributed by atoms with Crippen molar-refractivity contribution in [3.05, 3.63) is 48.0 Å². The molecule has 2 heterocycles. The number of benzene rings is 1. The lowest BCUT2D eigenvalue weighted by atomic mass is 9.99. The van der Waals surface area contributed by atoms with Crippen LogP contribution in [-0.4, -0.2) is 35.8 Å². The fraction of sp³-hybridized carbons (Fsp3) is 0.400. The number of aromatic amines is 1. The molecule has 112 valence electrons. The van der Waals surface area contributed by atoms with Crippen LogP contribution in [0.5, 0.6) is 0 Å². The Morgan fingerprint density at radius 1 is 1.29 bits per heavy atom. The van der Waals surface area contributed by atoms with Crippen LogP contribution in [0.3, 0.4) is 0 Å². The van der Waals surface area contributed by atoms with Crippen molar-refractivity contribution in [3.8, 4) is 0 Å². The van der Waals surface area contributed by atoms with E-state index in [0.717, 1.165) is 24.4 Å². The zero-order valence-electron chi connectivity index (χ0n) is 12.0. The SMILES string of the molecule is Cc1cnc(C2CCCN(S(=O)(=O)c3ccccc3)C2)[nH]1. The molecular weight excluding hydrogens is 286 g/mol. The number of sulfonamides is 1. The van der Waals surface area contributed by atoms with E-state index in [0.29, 0.717) is 18.0 Å². The highest BCUT2D eigenvalue weighted by atomic mass is 32.2. The van der Waals surface area contributed by atoms with E-state index in [1.807, 2.05) is 13.0 Å². The molecular formula is C15H19N3O2S. The molecule has 1 aliphatic rings. The molecule has 3 rings (SSSR count). The van der Waals surface area contributed by atoms with Gasteiger partial charge in [-0.25, -0.2) is 13.4 Å². The van der Waals surface area contributed by atoms with Crippen LogP contribution >= 0.6 is 0 Å². The fourth-order valence-electron chi connectivity index (χ4n) is 2.77. The highest BCUT2D eigenvalue weighted by Crippen LogP contribution is 2.28. The van der Waals surface area contributed by atoms with Crippen molar-refractivity contribution in [2.75, 3.05) is 13.1 Å². The maximum Gasteiger partial charge on any atom is 0.243 e. The van der Waals surface area contributed by atoms with Crippen LogP contribution in [-0.2, 0) is 10.0 Å². The summed E-state index contributed by atoms with van der Waals surface area (Å²) in [5, 5.41) is 0. The Labute approximate surface area is 125 Å². The van der Waals surface area contributed by atoms with E-state index in [9.17, 15) is 8.42 Å². The number of aryl methyl sites for hydroxylation is 1. The van der Waals surface area contributed by atoms with Crippen molar-refractivity contribution in [1.82, 2.24) is 14.3 Å². The molecule has 21 heavy (non-hydrogen) atoms. The van der Waals surface area contributed by atoms with Crippen LogP contribution < -0.4 is 0 Å². The summed E-state index contributed by atoms with van der Waals surface area (Å²) in [6, 6.07) is 8.63. The molecule has 1 aliphatic heterocycles. The minimum atomic E-state index is -3.40. The van der Waals surface area contributed by atoms with Crippen LogP contribution in [0.15, 0.2) is 41.4 Å². The lowest BCUT2D eigenvalue weighted by molar-refractivity contribution is 0.310. The second kappa shape index (κ2) is 5.61. The van der Waals surface area contributed by atoms with Crippen LogP contribution in [0.25, 0.3) is 0 Å². The summed E-state index contributed by atoms with van der Waals surface area (Å²) in [7, 11) is -3.40. The van der Waals surface area contributed by atoms with Gasteiger partial charge in [0.25, 0.3) is 0 Å². The Hall–Kier alpha value is -1.66. The van der Waals surface area contributed by atoms with E-state index in [1.54, 1.807) is 34.8 Å². The molecule has 0 saturated carbocycles. The Kier molecular flexibility index (Phi) is 3.82. The Morgan fingerprint density at radius 3 is 2.71 bits per heavy atom. The maximum atomic E-state index is 12.7. The second-order valence-corrected chi connectivity index (χ2v) is 7.40. The van der Waals surface area contributed by atoms with Gasteiger partial charge in [0.1, 0.15) is 5.82 Å². The topological polar surface area (TPSA) is 66.1 Å². The van der Waals surface area contributed by atoms with Crippen molar-refractivity contribution in [3.63, 3.8) is 0 Å². The van der Waals surface area contributed by atoms with E-state index in [-0.39, 0.29) is 5.92 Å². The van der Waals surface area contributed by atoms with Crippen molar-refractivity contribution in [1.29, 1.82) is 0 Å². The number of hydrogen-bond donors (Lipinski definition) is 1. The third-order valence-corrected chi connectivity index (χ3v) is 5.75. The quantitative estimate of drug-likeness (QED) is 0.946. The first kappa shape index (κ1) is 14.3. The number of piperidine rings is 1. The molecule has 6 heteroatoms. The van der Waals surface area contributed by atoms with Gasteiger partial charge in [0.2, 0.25) is 10.0 Å². The van der Waals surface area contributed by atoms with E-state index >= 15 is 0 Å². The van der Waals surface area contributed by atoms with Crippen molar-refractivity contribution in [2.45, 2.75) is 30.6 Å². The number of aromatic nitrogens is 2. The first-order valence-corrected chi connectivity index (χ1v) is 8.58. The average molecular weight is 305 g/mol. The number of nitrogens with one attached hydrogen (secondary N) is 1. The van der Waals surface area contributed by atoms with Gasteiger partial charge < -0.3 is 4.98 Å². The average Bonchev–Trinajstić information content (AvgIpc) is 2.95. The highest BCUT2D eigenvalue weighted by Gasteiger charge is 2.31. The van der Waals surface area contributed by atoms with Gasteiger partial charge in [-0.05, 0) is 31.9 Å². The predicted molar refractivity (Wildman–Crippen MR) is 80.5 cm³/mol. The number of hydrogen-bond acceptors (Lipinski definition) is 3.